The third kappa shape index (κ3) is 7.74. The van der Waals surface area contributed by atoms with Crippen molar-refractivity contribution >= 4 is 17.5 Å². The SMILES string of the molecule is CN(C(=O)c1cnn2c(C3CCCCC3)c(-c3ccc(F)cc3)cnc12)[C@@H](Cc1ccc(OC(C)(C)C)cc1)C(=O)OC(C)(C)C. The number of amides is 1. The molecule has 1 saturated carbocycles. The number of likely N-dealkylation sites (N-methyl/N-ethyl adjacent to an activating group) is 1. The van der Waals surface area contributed by atoms with E-state index < -0.39 is 17.6 Å². The molecule has 0 spiro atoms. The highest BCUT2D eigenvalue weighted by atomic mass is 19.1. The Labute approximate surface area is 270 Å². The summed E-state index contributed by atoms with van der Waals surface area (Å²) in [5.41, 5.74) is 3.20. The molecular formula is C37H45FN4O4. The molecule has 2 aromatic carbocycles. The number of esters is 1. The minimum atomic E-state index is -0.896. The van der Waals surface area contributed by atoms with Gasteiger partial charge in [-0.2, -0.15) is 5.10 Å². The van der Waals surface area contributed by atoms with Crippen molar-refractivity contribution in [1.82, 2.24) is 19.5 Å². The van der Waals surface area contributed by atoms with E-state index >= 15 is 0 Å². The van der Waals surface area contributed by atoms with Gasteiger partial charge in [-0.25, -0.2) is 18.7 Å². The van der Waals surface area contributed by atoms with Crippen LogP contribution in [0.1, 0.15) is 101 Å². The quantitative estimate of drug-likeness (QED) is 0.185. The molecule has 1 aliphatic carbocycles. The van der Waals surface area contributed by atoms with Crippen LogP contribution in [-0.2, 0) is 16.0 Å². The van der Waals surface area contributed by atoms with Gasteiger partial charge in [0.1, 0.15) is 34.4 Å². The van der Waals surface area contributed by atoms with Crippen LogP contribution in [0.15, 0.2) is 60.9 Å². The molecular weight excluding hydrogens is 583 g/mol. The van der Waals surface area contributed by atoms with E-state index in [1.54, 1.807) is 29.9 Å². The fourth-order valence-corrected chi connectivity index (χ4v) is 6.07. The number of benzene rings is 2. The van der Waals surface area contributed by atoms with Crippen LogP contribution in [0.25, 0.3) is 16.8 Å². The van der Waals surface area contributed by atoms with Crippen molar-refractivity contribution in [2.24, 2.45) is 0 Å². The van der Waals surface area contributed by atoms with Gasteiger partial charge in [0.25, 0.3) is 5.91 Å². The first kappa shape index (κ1) is 33.1. The smallest absolute Gasteiger partial charge is 0.329 e. The molecule has 0 unspecified atom stereocenters. The van der Waals surface area contributed by atoms with Gasteiger partial charge >= 0.3 is 5.97 Å². The maximum atomic E-state index is 14.2. The minimum Gasteiger partial charge on any atom is -0.488 e. The van der Waals surface area contributed by atoms with Crippen molar-refractivity contribution in [1.29, 1.82) is 0 Å². The Morgan fingerprint density at radius 2 is 1.59 bits per heavy atom. The number of rotatable bonds is 8. The molecule has 4 aromatic rings. The van der Waals surface area contributed by atoms with Gasteiger partial charge in [0, 0.05) is 31.1 Å². The van der Waals surface area contributed by atoms with Gasteiger partial charge in [0.05, 0.1) is 11.9 Å². The molecule has 244 valence electrons. The van der Waals surface area contributed by atoms with Crippen LogP contribution >= 0.6 is 0 Å². The normalized spacial score (nSPS) is 15.0. The Morgan fingerprint density at radius 3 is 2.20 bits per heavy atom. The predicted octanol–water partition coefficient (Wildman–Crippen LogP) is 7.79. The lowest BCUT2D eigenvalue weighted by molar-refractivity contribution is -0.160. The predicted molar refractivity (Wildman–Crippen MR) is 176 cm³/mol. The van der Waals surface area contributed by atoms with Crippen molar-refractivity contribution < 1.29 is 23.5 Å². The summed E-state index contributed by atoms with van der Waals surface area (Å²) in [5, 5.41) is 4.69. The van der Waals surface area contributed by atoms with Crippen LogP contribution in [0.2, 0.25) is 0 Å². The summed E-state index contributed by atoms with van der Waals surface area (Å²) in [4.78, 5) is 33.9. The number of carbonyl (C=O) groups is 2. The average molecular weight is 629 g/mol. The van der Waals surface area contributed by atoms with E-state index in [1.807, 2.05) is 65.8 Å². The molecule has 2 heterocycles. The van der Waals surface area contributed by atoms with Gasteiger partial charge in [0.15, 0.2) is 5.65 Å². The molecule has 0 aliphatic heterocycles. The number of hydrogen-bond acceptors (Lipinski definition) is 6. The minimum absolute atomic E-state index is 0.222. The van der Waals surface area contributed by atoms with Crippen LogP contribution < -0.4 is 4.74 Å². The standard InChI is InChI=1S/C37H45FN4O4/c1-36(2,3)45-28-19-13-24(14-20-28)21-31(35(44)46-37(4,5)6)41(7)34(43)30-23-40-42-32(26-11-9-8-10-12-26)29(22-39-33(30)42)25-15-17-27(38)18-16-25/h13-20,22-23,26,31H,8-12,21H2,1-7H3/t31-/m0/s1. The first-order valence-corrected chi connectivity index (χ1v) is 16.1. The molecule has 9 heteroatoms. The van der Waals surface area contributed by atoms with E-state index in [0.29, 0.717) is 11.2 Å². The second-order valence-electron chi connectivity index (χ2n) is 14.2. The molecule has 1 fully saturated rings. The summed E-state index contributed by atoms with van der Waals surface area (Å²) in [5.74, 6) is -0.236. The Balaban J connectivity index is 1.50. The van der Waals surface area contributed by atoms with E-state index in [2.05, 4.69) is 5.10 Å². The lowest BCUT2D eigenvalue weighted by Crippen LogP contribution is -2.46. The number of halogens is 1. The number of nitrogens with zero attached hydrogens (tertiary/aromatic N) is 4. The second-order valence-corrected chi connectivity index (χ2v) is 14.2. The first-order chi connectivity index (χ1) is 21.7. The Bertz CT molecular complexity index is 1680. The highest BCUT2D eigenvalue weighted by molar-refractivity contribution is 6.01. The molecule has 5 rings (SSSR count). The van der Waals surface area contributed by atoms with Crippen molar-refractivity contribution in [3.8, 4) is 16.9 Å². The molecule has 0 saturated heterocycles. The first-order valence-electron chi connectivity index (χ1n) is 16.1. The molecule has 8 nitrogen and oxygen atoms in total. The lowest BCUT2D eigenvalue weighted by atomic mass is 9.84. The number of ether oxygens (including phenoxy) is 2. The van der Waals surface area contributed by atoms with Gasteiger partial charge in [0.2, 0.25) is 0 Å². The monoisotopic (exact) mass is 628 g/mol. The second kappa shape index (κ2) is 13.2. The van der Waals surface area contributed by atoms with E-state index in [9.17, 15) is 14.0 Å². The summed E-state index contributed by atoms with van der Waals surface area (Å²) in [6.45, 7) is 11.4. The van der Waals surface area contributed by atoms with Crippen LogP contribution in [0.5, 0.6) is 5.75 Å². The van der Waals surface area contributed by atoms with Crippen molar-refractivity contribution in [2.75, 3.05) is 7.05 Å². The Hall–Kier alpha value is -4.27. The van der Waals surface area contributed by atoms with Gasteiger partial charge in [-0.1, -0.05) is 43.5 Å². The zero-order valence-corrected chi connectivity index (χ0v) is 28.0. The molecule has 46 heavy (non-hydrogen) atoms. The number of aromatic nitrogens is 3. The maximum Gasteiger partial charge on any atom is 0.329 e. The fraction of sp³-hybridized carbons (Fsp3) is 0.459. The maximum absolute atomic E-state index is 14.2. The van der Waals surface area contributed by atoms with Gasteiger partial charge < -0.3 is 14.4 Å². The average Bonchev–Trinajstić information content (AvgIpc) is 3.43. The summed E-state index contributed by atoms with van der Waals surface area (Å²) in [6.07, 6.45) is 8.93. The highest BCUT2D eigenvalue weighted by Crippen LogP contribution is 2.38. The molecule has 2 aromatic heterocycles. The molecule has 0 radical (unpaired) electrons. The lowest BCUT2D eigenvalue weighted by Gasteiger charge is -2.30. The zero-order chi connectivity index (χ0) is 33.2. The number of fused-ring (bicyclic) bond motifs is 1. The van der Waals surface area contributed by atoms with Crippen molar-refractivity contribution in [3.63, 3.8) is 0 Å². The largest absolute Gasteiger partial charge is 0.488 e. The summed E-state index contributed by atoms with van der Waals surface area (Å²) in [6, 6.07) is 13.0. The van der Waals surface area contributed by atoms with E-state index in [-0.39, 0.29) is 29.7 Å². The molecule has 1 atom stereocenters. The summed E-state index contributed by atoms with van der Waals surface area (Å²) >= 11 is 0. The van der Waals surface area contributed by atoms with Crippen LogP contribution in [0, 0.1) is 5.82 Å². The third-order valence-corrected chi connectivity index (χ3v) is 8.18. The molecule has 1 amide bonds. The molecule has 0 bridgehead atoms. The van der Waals surface area contributed by atoms with E-state index in [0.717, 1.165) is 53.8 Å². The Kier molecular flexibility index (Phi) is 9.52. The number of hydrogen-bond donors (Lipinski definition) is 0. The topological polar surface area (TPSA) is 86.0 Å². The van der Waals surface area contributed by atoms with Crippen molar-refractivity contribution in [2.45, 2.75) is 103 Å². The Morgan fingerprint density at radius 1 is 0.935 bits per heavy atom. The van der Waals surface area contributed by atoms with Crippen LogP contribution in [0.4, 0.5) is 4.39 Å². The molecule has 0 N–H and O–H groups in total. The summed E-state index contributed by atoms with van der Waals surface area (Å²) in [7, 11) is 1.62. The van der Waals surface area contributed by atoms with E-state index in [4.69, 9.17) is 14.5 Å². The van der Waals surface area contributed by atoms with E-state index in [1.165, 1.54) is 29.7 Å². The van der Waals surface area contributed by atoms with Gasteiger partial charge in [-0.3, -0.25) is 4.79 Å². The van der Waals surface area contributed by atoms with Crippen LogP contribution in [-0.4, -0.2) is 55.7 Å². The third-order valence-electron chi connectivity index (χ3n) is 8.18. The van der Waals surface area contributed by atoms with Crippen molar-refractivity contribution in [3.05, 3.63) is 83.6 Å². The van der Waals surface area contributed by atoms with Crippen LogP contribution in [0.3, 0.4) is 0 Å². The summed E-state index contributed by atoms with van der Waals surface area (Å²) < 4.78 is 27.3. The van der Waals surface area contributed by atoms with Gasteiger partial charge in [-0.05, 0) is 89.8 Å². The highest BCUT2D eigenvalue weighted by Gasteiger charge is 2.34. The number of carbonyl (C=O) groups excluding carboxylic acids is 2. The molecule has 1 aliphatic rings. The van der Waals surface area contributed by atoms with Gasteiger partial charge in [-0.15, -0.1) is 0 Å². The zero-order valence-electron chi connectivity index (χ0n) is 28.0. The fourth-order valence-electron chi connectivity index (χ4n) is 6.07.